The van der Waals surface area contributed by atoms with E-state index in [0.717, 1.165) is 12.2 Å². The molecular weight excluding hydrogens is 268 g/mol. The summed E-state index contributed by atoms with van der Waals surface area (Å²) in [5.41, 5.74) is 0.686. The number of hydrogen-bond donors (Lipinski definition) is 3. The van der Waals surface area contributed by atoms with Crippen LogP contribution in [0.15, 0.2) is 24.3 Å². The SMILES string of the molecule is CC(C)CCOc1cccc(NC(=O)N[C@H](C)CCO)c1. The maximum atomic E-state index is 11.8. The maximum Gasteiger partial charge on any atom is 0.319 e. The summed E-state index contributed by atoms with van der Waals surface area (Å²) in [6.45, 7) is 6.88. The second-order valence-corrected chi connectivity index (χ2v) is 5.57. The topological polar surface area (TPSA) is 70.6 Å². The Labute approximate surface area is 126 Å². The molecule has 0 aliphatic heterocycles. The molecule has 118 valence electrons. The first-order chi connectivity index (χ1) is 10.0. The zero-order chi connectivity index (χ0) is 15.7. The van der Waals surface area contributed by atoms with Crippen molar-refractivity contribution >= 4 is 11.7 Å². The number of ether oxygens (including phenoxy) is 1. The van der Waals surface area contributed by atoms with Gasteiger partial charge < -0.3 is 20.5 Å². The number of aliphatic hydroxyl groups is 1. The normalized spacial score (nSPS) is 12.0. The van der Waals surface area contributed by atoms with Crippen LogP contribution in [0.25, 0.3) is 0 Å². The van der Waals surface area contributed by atoms with Crippen LogP contribution in [0.3, 0.4) is 0 Å². The van der Waals surface area contributed by atoms with Gasteiger partial charge in [0.25, 0.3) is 0 Å². The first-order valence-corrected chi connectivity index (χ1v) is 7.42. The molecule has 0 aliphatic rings. The lowest BCUT2D eigenvalue weighted by Crippen LogP contribution is -2.36. The summed E-state index contributed by atoms with van der Waals surface area (Å²) < 4.78 is 5.65. The van der Waals surface area contributed by atoms with Gasteiger partial charge in [-0.15, -0.1) is 0 Å². The Kier molecular flexibility index (Phi) is 7.61. The van der Waals surface area contributed by atoms with Crippen LogP contribution in [0.5, 0.6) is 5.75 Å². The van der Waals surface area contributed by atoms with E-state index >= 15 is 0 Å². The van der Waals surface area contributed by atoms with Gasteiger partial charge in [-0.25, -0.2) is 4.79 Å². The highest BCUT2D eigenvalue weighted by molar-refractivity contribution is 5.89. The number of anilines is 1. The number of nitrogens with one attached hydrogen (secondary N) is 2. The first-order valence-electron chi connectivity index (χ1n) is 7.42. The van der Waals surface area contributed by atoms with Gasteiger partial charge in [0.15, 0.2) is 0 Å². The van der Waals surface area contributed by atoms with Gasteiger partial charge in [-0.05, 0) is 37.8 Å². The Balaban J connectivity index is 2.46. The van der Waals surface area contributed by atoms with Crippen molar-refractivity contribution in [3.63, 3.8) is 0 Å². The third-order valence-corrected chi connectivity index (χ3v) is 3.00. The second kappa shape index (κ2) is 9.23. The number of benzene rings is 1. The van der Waals surface area contributed by atoms with Gasteiger partial charge in [0.05, 0.1) is 6.61 Å². The summed E-state index contributed by atoms with van der Waals surface area (Å²) in [5.74, 6) is 1.35. The largest absolute Gasteiger partial charge is 0.494 e. The predicted octanol–water partition coefficient (Wildman–Crippen LogP) is 3.00. The van der Waals surface area contributed by atoms with E-state index < -0.39 is 0 Å². The lowest BCUT2D eigenvalue weighted by atomic mass is 10.1. The Hall–Kier alpha value is -1.75. The molecule has 3 N–H and O–H groups in total. The zero-order valence-corrected chi connectivity index (χ0v) is 13.1. The van der Waals surface area contributed by atoms with Gasteiger partial charge >= 0.3 is 6.03 Å². The van der Waals surface area contributed by atoms with E-state index in [9.17, 15) is 4.79 Å². The molecule has 1 rings (SSSR count). The van der Waals surface area contributed by atoms with Crippen molar-refractivity contribution in [2.45, 2.75) is 39.7 Å². The molecular formula is C16H26N2O3. The number of aliphatic hydroxyl groups excluding tert-OH is 1. The van der Waals surface area contributed by atoms with Gasteiger partial charge in [-0.3, -0.25) is 0 Å². The van der Waals surface area contributed by atoms with Crippen LogP contribution in [0.4, 0.5) is 10.5 Å². The fourth-order valence-corrected chi connectivity index (χ4v) is 1.73. The van der Waals surface area contributed by atoms with E-state index in [0.29, 0.717) is 24.6 Å². The molecule has 1 aromatic carbocycles. The van der Waals surface area contributed by atoms with Crippen molar-refractivity contribution < 1.29 is 14.6 Å². The van der Waals surface area contributed by atoms with Crippen molar-refractivity contribution in [3.05, 3.63) is 24.3 Å². The molecule has 1 aromatic rings. The fourth-order valence-electron chi connectivity index (χ4n) is 1.73. The van der Waals surface area contributed by atoms with Gasteiger partial charge in [0, 0.05) is 24.4 Å². The fraction of sp³-hybridized carbons (Fsp3) is 0.562. The summed E-state index contributed by atoms with van der Waals surface area (Å²) in [6, 6.07) is 6.98. The average molecular weight is 294 g/mol. The lowest BCUT2D eigenvalue weighted by molar-refractivity contribution is 0.241. The number of hydrogen-bond acceptors (Lipinski definition) is 3. The van der Waals surface area contributed by atoms with Crippen LogP contribution in [0.1, 0.15) is 33.6 Å². The highest BCUT2D eigenvalue weighted by atomic mass is 16.5. The molecule has 5 heteroatoms. The maximum absolute atomic E-state index is 11.8. The minimum absolute atomic E-state index is 0.0562. The smallest absolute Gasteiger partial charge is 0.319 e. The monoisotopic (exact) mass is 294 g/mol. The molecule has 0 spiro atoms. The third kappa shape index (κ3) is 7.56. The molecule has 1 atom stereocenters. The third-order valence-electron chi connectivity index (χ3n) is 3.00. The molecule has 21 heavy (non-hydrogen) atoms. The van der Waals surface area contributed by atoms with Crippen LogP contribution in [0.2, 0.25) is 0 Å². The Bertz CT molecular complexity index is 435. The highest BCUT2D eigenvalue weighted by Gasteiger charge is 2.07. The lowest BCUT2D eigenvalue weighted by Gasteiger charge is -2.14. The van der Waals surface area contributed by atoms with Crippen LogP contribution in [0, 0.1) is 5.92 Å². The van der Waals surface area contributed by atoms with Crippen molar-refractivity contribution in [2.24, 2.45) is 5.92 Å². The van der Waals surface area contributed by atoms with E-state index in [1.807, 2.05) is 25.1 Å². The molecule has 0 saturated heterocycles. The Morgan fingerprint density at radius 1 is 1.29 bits per heavy atom. The van der Waals surface area contributed by atoms with Gasteiger partial charge in [0.2, 0.25) is 0 Å². The summed E-state index contributed by atoms with van der Waals surface area (Å²) in [4.78, 5) is 11.8. The molecule has 0 saturated carbocycles. The predicted molar refractivity (Wildman–Crippen MR) is 84.7 cm³/mol. The van der Waals surface area contributed by atoms with Crippen LogP contribution in [-0.2, 0) is 0 Å². The summed E-state index contributed by atoms with van der Waals surface area (Å²) in [6.07, 6.45) is 1.53. The Morgan fingerprint density at radius 3 is 2.71 bits per heavy atom. The average Bonchev–Trinajstić information content (AvgIpc) is 2.38. The number of carbonyl (C=O) groups excluding carboxylic acids is 1. The summed E-state index contributed by atoms with van der Waals surface area (Å²) in [7, 11) is 0. The second-order valence-electron chi connectivity index (χ2n) is 5.57. The molecule has 2 amide bonds. The van der Waals surface area contributed by atoms with Gasteiger partial charge in [-0.1, -0.05) is 19.9 Å². The first kappa shape index (κ1) is 17.3. The molecule has 0 bridgehead atoms. The minimum Gasteiger partial charge on any atom is -0.494 e. The quantitative estimate of drug-likeness (QED) is 0.690. The molecule has 0 aliphatic carbocycles. The molecule has 0 heterocycles. The number of urea groups is 1. The van der Waals surface area contributed by atoms with E-state index in [1.54, 1.807) is 6.07 Å². The molecule has 0 fully saturated rings. The van der Waals surface area contributed by atoms with Crippen molar-refractivity contribution in [1.82, 2.24) is 5.32 Å². The summed E-state index contributed by atoms with van der Waals surface area (Å²) >= 11 is 0. The van der Waals surface area contributed by atoms with E-state index in [-0.39, 0.29) is 18.7 Å². The van der Waals surface area contributed by atoms with Crippen LogP contribution >= 0.6 is 0 Å². The standard InChI is InChI=1S/C16H26N2O3/c1-12(2)8-10-21-15-6-4-5-14(11-15)18-16(20)17-13(3)7-9-19/h4-6,11-13,19H,7-10H2,1-3H3,(H2,17,18,20)/t13-/m1/s1. The Morgan fingerprint density at radius 2 is 2.05 bits per heavy atom. The van der Waals surface area contributed by atoms with Crippen LogP contribution < -0.4 is 15.4 Å². The molecule has 0 aromatic heterocycles. The van der Waals surface area contributed by atoms with E-state index in [1.165, 1.54) is 0 Å². The molecule has 0 unspecified atom stereocenters. The highest BCUT2D eigenvalue weighted by Crippen LogP contribution is 2.18. The zero-order valence-electron chi connectivity index (χ0n) is 13.1. The van der Waals surface area contributed by atoms with Gasteiger partial charge in [0.1, 0.15) is 5.75 Å². The number of rotatable bonds is 8. The van der Waals surface area contributed by atoms with E-state index in [2.05, 4.69) is 24.5 Å². The van der Waals surface area contributed by atoms with Crippen LogP contribution in [-0.4, -0.2) is 30.4 Å². The van der Waals surface area contributed by atoms with Gasteiger partial charge in [-0.2, -0.15) is 0 Å². The van der Waals surface area contributed by atoms with E-state index in [4.69, 9.17) is 9.84 Å². The minimum atomic E-state index is -0.282. The number of carbonyl (C=O) groups is 1. The van der Waals surface area contributed by atoms with Crippen molar-refractivity contribution in [1.29, 1.82) is 0 Å². The molecule has 5 nitrogen and oxygen atoms in total. The van der Waals surface area contributed by atoms with Crippen molar-refractivity contribution in [3.8, 4) is 5.75 Å². The molecule has 0 radical (unpaired) electrons. The van der Waals surface area contributed by atoms with Crippen molar-refractivity contribution in [2.75, 3.05) is 18.5 Å². The number of amides is 2. The summed E-state index contributed by atoms with van der Waals surface area (Å²) in [5, 5.41) is 14.3.